The van der Waals surface area contributed by atoms with Crippen LogP contribution < -0.4 is 0 Å². The molecule has 5 atom stereocenters. The molecule has 0 radical (unpaired) electrons. The van der Waals surface area contributed by atoms with Crippen molar-refractivity contribution in [1.82, 2.24) is 0 Å². The molecule has 1 saturated heterocycles. The molecule has 1 rings (SSSR count). The summed E-state index contributed by atoms with van der Waals surface area (Å²) in [5, 5.41) is 7.74. The molecule has 1 unspecified atom stereocenters. The highest BCUT2D eigenvalue weighted by molar-refractivity contribution is 6.18. The molecule has 1 N–H and O–H groups in total. The van der Waals surface area contributed by atoms with Gasteiger partial charge in [-0.15, -0.1) is 23.2 Å². The largest absolute Gasteiger partial charge is 0.463 e. The van der Waals surface area contributed by atoms with Crippen LogP contribution in [-0.2, 0) is 38.1 Å². The van der Waals surface area contributed by atoms with Crippen molar-refractivity contribution in [3.8, 4) is 0 Å². The minimum Gasteiger partial charge on any atom is -0.463 e. The minimum atomic E-state index is -1.92. The van der Waals surface area contributed by atoms with Crippen LogP contribution in [0.15, 0.2) is 0 Å². The summed E-state index contributed by atoms with van der Waals surface area (Å²) >= 11 is 10.4. The summed E-state index contributed by atoms with van der Waals surface area (Å²) in [4.78, 5) is 33.6. The van der Waals surface area contributed by atoms with Crippen molar-refractivity contribution in [3.05, 3.63) is 0 Å². The van der Waals surface area contributed by atoms with Gasteiger partial charge >= 0.3 is 17.9 Å². The van der Waals surface area contributed by atoms with E-state index in [0.717, 1.165) is 13.8 Å². The molecular weight excluding hydrogens is 426 g/mol. The first-order valence-corrected chi connectivity index (χ1v) is 9.36. The molecule has 28 heavy (non-hydrogen) atoms. The number of ether oxygens (including phenoxy) is 5. The van der Waals surface area contributed by atoms with Crippen LogP contribution >= 0.6 is 23.2 Å². The van der Waals surface area contributed by atoms with E-state index >= 15 is 0 Å². The molecule has 0 aromatic rings. The monoisotopic (exact) mass is 450 g/mol. The number of aliphatic hydroxyl groups excluding tert-OH is 1. The third kappa shape index (κ3) is 10.4. The van der Waals surface area contributed by atoms with Crippen molar-refractivity contribution in [1.29, 1.82) is 0 Å². The van der Waals surface area contributed by atoms with Crippen LogP contribution in [0.4, 0.5) is 4.39 Å². The second-order valence-electron chi connectivity index (χ2n) is 5.41. The van der Waals surface area contributed by atoms with Gasteiger partial charge in [-0.2, -0.15) is 0 Å². The summed E-state index contributed by atoms with van der Waals surface area (Å²) in [7, 11) is 0. The summed E-state index contributed by atoms with van der Waals surface area (Å²) in [6.07, 6.45) is -7.18. The molecule has 12 heteroatoms. The standard InChI is InChI=1S/C14H20ClFO8.C2H5ClO/c1-7(17)21-6-10-12(22-8(2)18)13(23-9(3)19)11(16)14(24-10)20-5-4-15;3-1-2-4/h10-14H,4-6H2,1-3H3;4H,1-2H2/t10-,11-,12-,13-,14?;/m1./s1. The number of alkyl halides is 3. The summed E-state index contributed by atoms with van der Waals surface area (Å²) in [5.41, 5.74) is 0. The molecule has 0 saturated carbocycles. The predicted octanol–water partition coefficient (Wildman–Crippen LogP) is 0.949. The Hall–Kier alpha value is -1.20. The number of hydrogen-bond acceptors (Lipinski definition) is 9. The van der Waals surface area contributed by atoms with Crippen molar-refractivity contribution in [3.63, 3.8) is 0 Å². The van der Waals surface area contributed by atoms with Crippen LogP contribution in [0.25, 0.3) is 0 Å². The summed E-state index contributed by atoms with van der Waals surface area (Å²) in [6.45, 7) is 3.10. The predicted molar refractivity (Wildman–Crippen MR) is 95.8 cm³/mol. The van der Waals surface area contributed by atoms with E-state index in [1.165, 1.54) is 6.92 Å². The Labute approximate surface area is 172 Å². The zero-order valence-electron chi connectivity index (χ0n) is 15.8. The zero-order chi connectivity index (χ0) is 21.7. The third-order valence-corrected chi connectivity index (χ3v) is 3.40. The van der Waals surface area contributed by atoms with Crippen molar-refractivity contribution in [2.24, 2.45) is 0 Å². The van der Waals surface area contributed by atoms with Gasteiger partial charge in [0.1, 0.15) is 12.7 Å². The molecule has 0 aromatic carbocycles. The normalized spacial score (nSPS) is 26.5. The second kappa shape index (κ2) is 14.7. The number of esters is 3. The van der Waals surface area contributed by atoms with E-state index in [0.29, 0.717) is 5.88 Å². The average Bonchev–Trinajstić information content (AvgIpc) is 2.62. The van der Waals surface area contributed by atoms with E-state index in [9.17, 15) is 18.8 Å². The van der Waals surface area contributed by atoms with Gasteiger partial charge in [-0.25, -0.2) is 4.39 Å². The lowest BCUT2D eigenvalue weighted by molar-refractivity contribution is -0.291. The minimum absolute atomic E-state index is 0.0159. The summed E-state index contributed by atoms with van der Waals surface area (Å²) < 4.78 is 39.9. The Morgan fingerprint density at radius 3 is 1.96 bits per heavy atom. The number of carbonyl (C=O) groups excluding carboxylic acids is 3. The maximum Gasteiger partial charge on any atom is 0.303 e. The van der Waals surface area contributed by atoms with Gasteiger partial charge in [0.25, 0.3) is 0 Å². The molecule has 1 aliphatic heterocycles. The molecule has 0 bridgehead atoms. The number of hydrogen-bond donors (Lipinski definition) is 1. The fourth-order valence-electron chi connectivity index (χ4n) is 2.16. The molecule has 1 heterocycles. The molecule has 0 spiro atoms. The van der Waals surface area contributed by atoms with E-state index in [-0.39, 0.29) is 25.7 Å². The van der Waals surface area contributed by atoms with Crippen molar-refractivity contribution < 1.29 is 47.6 Å². The highest BCUT2D eigenvalue weighted by Gasteiger charge is 2.51. The zero-order valence-corrected chi connectivity index (χ0v) is 17.3. The summed E-state index contributed by atoms with van der Waals surface area (Å²) in [5.74, 6) is -1.68. The first kappa shape index (κ1) is 26.8. The SMILES string of the molecule is CC(=O)OC[C@H]1OC(OCCCl)[C@H](F)[C@@H](OC(C)=O)[C@@H]1OC(C)=O.OCCCl. The Balaban J connectivity index is 0.00000165. The van der Waals surface area contributed by atoms with Crippen LogP contribution in [0.3, 0.4) is 0 Å². The van der Waals surface area contributed by atoms with E-state index in [4.69, 9.17) is 52.0 Å². The number of rotatable bonds is 8. The number of aliphatic hydroxyl groups is 1. The smallest absolute Gasteiger partial charge is 0.303 e. The van der Waals surface area contributed by atoms with Gasteiger partial charge < -0.3 is 28.8 Å². The highest BCUT2D eigenvalue weighted by Crippen LogP contribution is 2.29. The Bertz CT molecular complexity index is 493. The van der Waals surface area contributed by atoms with E-state index in [1.807, 2.05) is 0 Å². The van der Waals surface area contributed by atoms with Crippen LogP contribution in [0.5, 0.6) is 0 Å². The number of carbonyl (C=O) groups is 3. The van der Waals surface area contributed by atoms with Crippen molar-refractivity contribution in [2.45, 2.75) is 51.5 Å². The molecular formula is C16H25Cl2FO9. The topological polar surface area (TPSA) is 118 Å². The molecule has 1 aliphatic rings. The highest BCUT2D eigenvalue weighted by atomic mass is 35.5. The van der Waals surface area contributed by atoms with Gasteiger partial charge in [0.15, 0.2) is 24.7 Å². The van der Waals surface area contributed by atoms with Crippen LogP contribution in [-0.4, -0.2) is 85.4 Å². The first-order chi connectivity index (χ1) is 13.2. The van der Waals surface area contributed by atoms with Gasteiger partial charge in [0.2, 0.25) is 0 Å². The lowest BCUT2D eigenvalue weighted by Gasteiger charge is -2.41. The lowest BCUT2D eigenvalue weighted by atomic mass is 9.99. The van der Waals surface area contributed by atoms with Gasteiger partial charge in [-0.1, -0.05) is 0 Å². The van der Waals surface area contributed by atoms with Crippen LogP contribution in [0.2, 0.25) is 0 Å². The molecule has 0 amide bonds. The van der Waals surface area contributed by atoms with Crippen molar-refractivity contribution >= 4 is 41.1 Å². The molecule has 9 nitrogen and oxygen atoms in total. The maximum atomic E-state index is 14.6. The van der Waals surface area contributed by atoms with Gasteiger partial charge in [0, 0.05) is 32.5 Å². The Morgan fingerprint density at radius 1 is 1.00 bits per heavy atom. The van der Waals surface area contributed by atoms with Gasteiger partial charge in [0.05, 0.1) is 13.2 Å². The Morgan fingerprint density at radius 2 is 1.54 bits per heavy atom. The average molecular weight is 451 g/mol. The first-order valence-electron chi connectivity index (χ1n) is 8.29. The fourth-order valence-corrected chi connectivity index (χ4v) is 2.25. The van der Waals surface area contributed by atoms with Gasteiger partial charge in [-0.05, 0) is 0 Å². The molecule has 164 valence electrons. The molecule has 0 aromatic heterocycles. The maximum absolute atomic E-state index is 14.6. The quantitative estimate of drug-likeness (QED) is 0.327. The summed E-state index contributed by atoms with van der Waals surface area (Å²) in [6, 6.07) is 0. The van der Waals surface area contributed by atoms with Crippen LogP contribution in [0, 0.1) is 0 Å². The number of halogens is 3. The van der Waals surface area contributed by atoms with Gasteiger partial charge in [-0.3, -0.25) is 14.4 Å². The molecule has 1 fully saturated rings. The second-order valence-corrected chi connectivity index (χ2v) is 6.17. The Kier molecular flexibility index (Phi) is 14.1. The van der Waals surface area contributed by atoms with E-state index in [1.54, 1.807) is 0 Å². The lowest BCUT2D eigenvalue weighted by Crippen LogP contribution is -2.60. The third-order valence-electron chi connectivity index (χ3n) is 3.07. The van der Waals surface area contributed by atoms with E-state index in [2.05, 4.69) is 0 Å². The van der Waals surface area contributed by atoms with Crippen molar-refractivity contribution in [2.75, 3.05) is 31.6 Å². The fraction of sp³-hybridized carbons (Fsp3) is 0.812. The van der Waals surface area contributed by atoms with E-state index < -0.39 is 48.7 Å². The van der Waals surface area contributed by atoms with Crippen LogP contribution in [0.1, 0.15) is 20.8 Å². The molecule has 0 aliphatic carbocycles.